The molecule has 2 aromatic heterocycles. The number of hydrogen-bond donors (Lipinski definition) is 4. The van der Waals surface area contributed by atoms with Crippen molar-refractivity contribution in [2.75, 3.05) is 51.3 Å². The lowest BCUT2D eigenvalue weighted by Gasteiger charge is -2.28. The zero-order valence-corrected chi connectivity index (χ0v) is 40.7. The number of likely N-dealkylation sites (tertiary alicyclic amines) is 2. The number of rotatable bonds is 15. The van der Waals surface area contributed by atoms with Gasteiger partial charge in [-0.15, -0.1) is 0 Å². The lowest BCUT2D eigenvalue weighted by atomic mass is 9.84. The van der Waals surface area contributed by atoms with Gasteiger partial charge in [-0.25, -0.2) is 19.6 Å². The molecular formula is C51H62N8O6S2. The maximum absolute atomic E-state index is 13.9. The zero-order valence-electron chi connectivity index (χ0n) is 39.1. The van der Waals surface area contributed by atoms with E-state index >= 15 is 0 Å². The molecule has 2 fully saturated rings. The Morgan fingerprint density at radius 2 is 1.25 bits per heavy atom. The van der Waals surface area contributed by atoms with Crippen LogP contribution in [0.15, 0.2) is 73.1 Å². The predicted molar refractivity (Wildman–Crippen MR) is 265 cm³/mol. The second kappa shape index (κ2) is 21.9. The largest absolute Gasteiger partial charge is 0.453 e. The molecule has 3 aromatic carbocycles. The summed E-state index contributed by atoms with van der Waals surface area (Å²) < 4.78 is 9.67. The van der Waals surface area contributed by atoms with E-state index in [-0.39, 0.29) is 29.8 Å². The minimum absolute atomic E-state index is 0.107. The molecule has 14 nitrogen and oxygen atoms in total. The molecule has 67 heavy (non-hydrogen) atoms. The van der Waals surface area contributed by atoms with Crippen molar-refractivity contribution in [2.45, 2.75) is 94.8 Å². The number of aryl methyl sites for hydroxylation is 2. The Morgan fingerprint density at radius 3 is 1.84 bits per heavy atom. The summed E-state index contributed by atoms with van der Waals surface area (Å²) in [4.78, 5) is 72.4. The molecule has 5 atom stereocenters. The number of nitrogens with zero attached hydrogens (tertiary/aromatic N) is 4. The fourth-order valence-electron chi connectivity index (χ4n) is 9.87. The van der Waals surface area contributed by atoms with Crippen LogP contribution in [0.3, 0.4) is 0 Å². The van der Waals surface area contributed by atoms with Crippen LogP contribution in [-0.2, 0) is 38.3 Å². The van der Waals surface area contributed by atoms with E-state index in [0.717, 1.165) is 96.2 Å². The molecule has 0 saturated carbocycles. The van der Waals surface area contributed by atoms with Gasteiger partial charge in [-0.1, -0.05) is 61.5 Å². The summed E-state index contributed by atoms with van der Waals surface area (Å²) in [5, 5.41) is 5.51. The lowest BCUT2D eigenvalue weighted by Crippen LogP contribution is -2.48. The van der Waals surface area contributed by atoms with Crippen molar-refractivity contribution in [3.05, 3.63) is 107 Å². The van der Waals surface area contributed by atoms with Gasteiger partial charge in [-0.2, -0.15) is 23.5 Å². The summed E-state index contributed by atoms with van der Waals surface area (Å²) >= 11 is 3.27. The monoisotopic (exact) mass is 946 g/mol. The van der Waals surface area contributed by atoms with Gasteiger partial charge < -0.3 is 39.9 Å². The third-order valence-corrected chi connectivity index (χ3v) is 14.8. The lowest BCUT2D eigenvalue weighted by molar-refractivity contribution is -0.135. The number of amides is 4. The number of aromatic nitrogens is 4. The molecule has 4 heterocycles. The minimum atomic E-state index is -0.661. The number of ether oxygens (including phenoxy) is 2. The summed E-state index contributed by atoms with van der Waals surface area (Å²) in [6.07, 6.45) is 13.4. The van der Waals surface area contributed by atoms with Crippen LogP contribution in [0, 0.1) is 0 Å². The Balaban J connectivity index is 0.977. The van der Waals surface area contributed by atoms with E-state index in [4.69, 9.17) is 19.4 Å². The normalized spacial score (nSPS) is 18.9. The zero-order chi connectivity index (χ0) is 47.0. The highest BCUT2D eigenvalue weighted by atomic mass is 32.2. The molecule has 11 rings (SSSR count). The van der Waals surface area contributed by atoms with Gasteiger partial charge in [0.05, 0.1) is 50.1 Å². The minimum Gasteiger partial charge on any atom is -0.453 e. The molecule has 4 bridgehead atoms. The topological polar surface area (TPSA) is 175 Å². The van der Waals surface area contributed by atoms with Crippen molar-refractivity contribution in [2.24, 2.45) is 0 Å². The average molecular weight is 947 g/mol. The Bertz CT molecular complexity index is 2540. The van der Waals surface area contributed by atoms with Crippen molar-refractivity contribution in [1.29, 1.82) is 0 Å². The van der Waals surface area contributed by atoms with Crippen molar-refractivity contribution in [3.63, 3.8) is 0 Å². The van der Waals surface area contributed by atoms with Gasteiger partial charge in [0, 0.05) is 18.7 Å². The number of alkyl carbamates (subject to hydrolysis) is 2. The van der Waals surface area contributed by atoms with E-state index in [1.807, 2.05) is 34.7 Å². The maximum Gasteiger partial charge on any atom is 0.407 e. The van der Waals surface area contributed by atoms with Gasteiger partial charge in [0.25, 0.3) is 0 Å². The summed E-state index contributed by atoms with van der Waals surface area (Å²) in [5.74, 6) is 2.99. The summed E-state index contributed by atoms with van der Waals surface area (Å²) in [7, 11) is 2.62. The molecule has 6 aliphatic rings. The number of imidazole rings is 2. The fraction of sp³-hybridized carbons (Fsp3) is 0.451. The van der Waals surface area contributed by atoms with Gasteiger partial charge in [0.1, 0.15) is 23.7 Å². The van der Waals surface area contributed by atoms with Crippen LogP contribution in [-0.4, -0.2) is 117 Å². The summed E-state index contributed by atoms with van der Waals surface area (Å²) in [5.41, 5.74) is 11.4. The van der Waals surface area contributed by atoms with Crippen LogP contribution in [0.25, 0.3) is 33.6 Å². The molecular weight excluding hydrogens is 885 g/mol. The van der Waals surface area contributed by atoms with Crippen LogP contribution in [0.2, 0.25) is 0 Å². The number of hydrogen-bond acceptors (Lipinski definition) is 10. The molecule has 2 saturated heterocycles. The standard InChI is InChI=1S/C51H62N8O6S2/c1-31-26-37-13-11-32(27-39(37)43-30-53-47(55-43)45-9-7-23-59(45)49(61)41(21-25-67-5)57-51(63)65-3)10-12-33-16-19-36(31)28-38(33)34-14-17-35(18-15-34)42-29-52-46(54-42)44-8-6-22-58(44)48(60)40(20-24-66-4)56-50(62)64-2/h11,13-19,27-31,40-41,44-45H,6-10,12,20-26H2,1-5H3,(H,52,54)(H,53,55)(H,56,62)(H,57,63)/t31-,40+,41+,44+,45+/m1/s1. The molecule has 0 spiro atoms. The average Bonchev–Trinajstić information content (AvgIpc) is 4.20. The third-order valence-electron chi connectivity index (χ3n) is 13.5. The molecule has 5 aromatic rings. The first-order chi connectivity index (χ1) is 32.6. The summed E-state index contributed by atoms with van der Waals surface area (Å²) in [6.45, 7) is 3.50. The number of methoxy groups -OCH3 is 2. The Kier molecular flexibility index (Phi) is 15.6. The van der Waals surface area contributed by atoms with E-state index in [1.165, 1.54) is 42.0 Å². The molecule has 0 unspecified atom stereocenters. The van der Waals surface area contributed by atoms with E-state index in [2.05, 4.69) is 88.2 Å². The Labute approximate surface area is 401 Å². The van der Waals surface area contributed by atoms with Crippen LogP contribution in [0.1, 0.15) is 97.4 Å². The highest BCUT2D eigenvalue weighted by molar-refractivity contribution is 7.98. The van der Waals surface area contributed by atoms with E-state index in [9.17, 15) is 19.2 Å². The second-order valence-corrected chi connectivity index (χ2v) is 19.7. The predicted octanol–water partition coefficient (Wildman–Crippen LogP) is 8.86. The maximum atomic E-state index is 13.9. The molecule has 2 aliphatic heterocycles. The van der Waals surface area contributed by atoms with Crippen LogP contribution >= 0.6 is 23.5 Å². The molecule has 4 amide bonds. The van der Waals surface area contributed by atoms with Crippen LogP contribution < -0.4 is 10.6 Å². The third kappa shape index (κ3) is 10.9. The van der Waals surface area contributed by atoms with Gasteiger partial charge >= 0.3 is 12.2 Å². The fourth-order valence-corrected chi connectivity index (χ4v) is 10.8. The first-order valence-corrected chi connectivity index (χ1v) is 26.1. The molecule has 354 valence electrons. The highest BCUT2D eigenvalue weighted by Crippen LogP contribution is 2.38. The quantitative estimate of drug-likeness (QED) is 0.0794. The highest BCUT2D eigenvalue weighted by Gasteiger charge is 2.38. The number of aromatic amines is 2. The van der Waals surface area contributed by atoms with Crippen molar-refractivity contribution in [3.8, 4) is 33.6 Å². The molecule has 4 N–H and O–H groups in total. The van der Waals surface area contributed by atoms with Crippen molar-refractivity contribution < 1.29 is 28.7 Å². The van der Waals surface area contributed by atoms with Crippen LogP contribution in [0.4, 0.5) is 9.59 Å². The number of nitrogens with one attached hydrogen (secondary N) is 4. The van der Waals surface area contributed by atoms with E-state index in [0.29, 0.717) is 25.9 Å². The summed E-state index contributed by atoms with van der Waals surface area (Å²) in [6, 6.07) is 20.7. The number of carbonyl (C=O) groups excluding carboxylic acids is 4. The Morgan fingerprint density at radius 1 is 0.701 bits per heavy atom. The van der Waals surface area contributed by atoms with E-state index < -0.39 is 24.3 Å². The van der Waals surface area contributed by atoms with Gasteiger partial charge in [0.2, 0.25) is 11.8 Å². The first-order valence-electron chi connectivity index (χ1n) is 23.3. The second-order valence-electron chi connectivity index (χ2n) is 17.8. The van der Waals surface area contributed by atoms with Gasteiger partial charge in [-0.05, 0) is 133 Å². The number of thioether (sulfide) groups is 2. The smallest absolute Gasteiger partial charge is 0.407 e. The van der Waals surface area contributed by atoms with Crippen molar-refractivity contribution in [1.82, 2.24) is 40.4 Å². The first kappa shape index (κ1) is 47.7. The van der Waals surface area contributed by atoms with Crippen LogP contribution in [0.5, 0.6) is 0 Å². The number of H-pyrrole nitrogens is 2. The number of carbonyl (C=O) groups is 4. The SMILES string of the molecule is COC(=O)N[C@@H](CCSC)C(=O)N1CCC[C@H]1c1ncc(-c2ccc(-c3cc4ccc3CCc3ccc(c(-c5cnc([C@@H]6CCCN6C(=O)[C@H](CCSC)NC(=O)OC)[nH]5)c3)C[C@H]4C)cc2)[nH]1. The van der Waals surface area contributed by atoms with Gasteiger partial charge in [-0.3, -0.25) is 9.59 Å². The molecule has 0 radical (unpaired) electrons. The Hall–Kier alpha value is -5.74. The van der Waals surface area contributed by atoms with E-state index in [1.54, 1.807) is 23.5 Å². The molecule has 4 aliphatic carbocycles. The van der Waals surface area contributed by atoms with Crippen molar-refractivity contribution >= 4 is 47.5 Å². The molecule has 16 heteroatoms. The van der Waals surface area contributed by atoms with Gasteiger partial charge in [0.15, 0.2) is 0 Å². The number of benzene rings is 3.